The van der Waals surface area contributed by atoms with Crippen LogP contribution < -0.4 is 19.7 Å². The number of methoxy groups -OCH3 is 2. The highest BCUT2D eigenvalue weighted by Gasteiger charge is 2.49. The summed E-state index contributed by atoms with van der Waals surface area (Å²) in [6, 6.07) is 8.97. The first kappa shape index (κ1) is 22.4. The lowest BCUT2D eigenvalue weighted by atomic mass is 9.86. The molecule has 34 heavy (non-hydrogen) atoms. The highest BCUT2D eigenvalue weighted by Crippen LogP contribution is 2.39. The number of nitrogens with one attached hydrogen (secondary N) is 1. The van der Waals surface area contributed by atoms with Crippen LogP contribution in [0.2, 0.25) is 0 Å². The van der Waals surface area contributed by atoms with Crippen LogP contribution in [0.5, 0.6) is 11.5 Å². The Morgan fingerprint density at radius 1 is 1.09 bits per heavy atom. The second kappa shape index (κ2) is 8.42. The van der Waals surface area contributed by atoms with E-state index in [1.807, 2.05) is 17.6 Å². The second-order valence-corrected chi connectivity index (χ2v) is 9.67. The fourth-order valence-electron chi connectivity index (χ4n) is 5.33. The number of nitrogens with zero attached hydrogens (tertiary/aromatic N) is 2. The molecule has 1 aliphatic heterocycles. The molecule has 1 N–H and O–H groups in total. The van der Waals surface area contributed by atoms with Crippen molar-refractivity contribution in [3.63, 3.8) is 0 Å². The molecule has 3 aromatic rings. The summed E-state index contributed by atoms with van der Waals surface area (Å²) in [6.07, 6.45) is 5.70. The van der Waals surface area contributed by atoms with E-state index in [9.17, 15) is 9.59 Å². The van der Waals surface area contributed by atoms with Crippen molar-refractivity contribution in [2.75, 3.05) is 19.1 Å². The quantitative estimate of drug-likeness (QED) is 0.605. The molecule has 1 saturated carbocycles. The molecule has 3 heterocycles. The number of hydrogen-bond donors (Lipinski definition) is 1. The third-order valence-electron chi connectivity index (χ3n) is 7.37. The predicted octanol–water partition coefficient (Wildman–Crippen LogP) is 4.37. The van der Waals surface area contributed by atoms with E-state index in [2.05, 4.69) is 12.2 Å². The van der Waals surface area contributed by atoms with E-state index >= 15 is 0 Å². The molecule has 1 aliphatic carbocycles. The van der Waals surface area contributed by atoms with Crippen LogP contribution >= 0.6 is 0 Å². The fourth-order valence-corrected chi connectivity index (χ4v) is 5.33. The minimum absolute atomic E-state index is 0.114. The minimum atomic E-state index is -1.16. The summed E-state index contributed by atoms with van der Waals surface area (Å²) < 4.78 is 18.3. The van der Waals surface area contributed by atoms with Gasteiger partial charge >= 0.3 is 0 Å². The minimum Gasteiger partial charge on any atom is -0.493 e. The molecule has 5 rings (SSSR count). The van der Waals surface area contributed by atoms with Crippen LogP contribution in [0, 0.1) is 5.92 Å². The maximum Gasteiger partial charge on any atom is 0.276 e. The molecule has 2 aliphatic rings. The van der Waals surface area contributed by atoms with Crippen molar-refractivity contribution < 1.29 is 23.5 Å². The second-order valence-electron chi connectivity index (χ2n) is 9.67. The summed E-state index contributed by atoms with van der Waals surface area (Å²) in [6.45, 7) is 4.39. The Labute approximate surface area is 198 Å². The smallest absolute Gasteiger partial charge is 0.276 e. The standard InChI is InChI=1S/C26H31N3O5/c1-16-5-7-17(8-6-16)27-25(31)26(2)15-28-19-11-12-34-22(19)14-20(28)24(30)29(26)18-9-10-21(32-3)23(13-18)33-4/h9-14,16-17H,5-8,15H2,1-4H3,(H,27,31). The van der Waals surface area contributed by atoms with E-state index < -0.39 is 5.54 Å². The van der Waals surface area contributed by atoms with Crippen molar-refractivity contribution in [2.24, 2.45) is 5.92 Å². The molecule has 1 fully saturated rings. The van der Waals surface area contributed by atoms with E-state index in [0.29, 0.717) is 40.9 Å². The molecular formula is C26H31N3O5. The maximum atomic E-state index is 13.9. The Morgan fingerprint density at radius 2 is 1.82 bits per heavy atom. The van der Waals surface area contributed by atoms with Crippen LogP contribution in [-0.2, 0) is 11.3 Å². The number of hydrogen-bond acceptors (Lipinski definition) is 5. The monoisotopic (exact) mass is 465 g/mol. The van der Waals surface area contributed by atoms with Gasteiger partial charge in [0.1, 0.15) is 11.2 Å². The van der Waals surface area contributed by atoms with E-state index in [-0.39, 0.29) is 17.9 Å². The van der Waals surface area contributed by atoms with Crippen LogP contribution in [0.3, 0.4) is 0 Å². The third-order valence-corrected chi connectivity index (χ3v) is 7.37. The molecule has 0 radical (unpaired) electrons. The first-order valence-electron chi connectivity index (χ1n) is 11.8. The molecule has 180 valence electrons. The SMILES string of the molecule is COc1ccc(N2C(=O)c3cc4occc4n3CC2(C)C(=O)NC2CCC(C)CC2)cc1OC. The molecule has 0 saturated heterocycles. The van der Waals surface area contributed by atoms with E-state index in [1.165, 1.54) is 0 Å². The molecule has 8 nitrogen and oxygen atoms in total. The van der Waals surface area contributed by atoms with Gasteiger partial charge in [0, 0.05) is 29.9 Å². The zero-order valence-electron chi connectivity index (χ0n) is 20.1. The Hall–Kier alpha value is -3.42. The van der Waals surface area contributed by atoms with Crippen LogP contribution in [0.4, 0.5) is 5.69 Å². The van der Waals surface area contributed by atoms with Gasteiger partial charge in [-0.2, -0.15) is 0 Å². The number of furan rings is 1. The largest absolute Gasteiger partial charge is 0.493 e. The zero-order valence-corrected chi connectivity index (χ0v) is 20.1. The van der Waals surface area contributed by atoms with Gasteiger partial charge in [-0.05, 0) is 50.7 Å². The molecule has 2 aromatic heterocycles. The van der Waals surface area contributed by atoms with Crippen molar-refractivity contribution in [1.29, 1.82) is 0 Å². The Bertz CT molecular complexity index is 1240. The highest BCUT2D eigenvalue weighted by molar-refractivity contribution is 6.13. The lowest BCUT2D eigenvalue weighted by Gasteiger charge is -2.44. The van der Waals surface area contributed by atoms with Gasteiger partial charge < -0.3 is 23.8 Å². The number of rotatable bonds is 5. The Kier molecular flexibility index (Phi) is 5.54. The number of anilines is 1. The van der Waals surface area contributed by atoms with Gasteiger partial charge in [0.25, 0.3) is 5.91 Å². The lowest BCUT2D eigenvalue weighted by molar-refractivity contribution is -0.127. The van der Waals surface area contributed by atoms with Gasteiger partial charge in [-0.1, -0.05) is 6.92 Å². The van der Waals surface area contributed by atoms with Crippen molar-refractivity contribution in [2.45, 2.75) is 57.7 Å². The summed E-state index contributed by atoms with van der Waals surface area (Å²) in [5.74, 6) is 1.30. The average Bonchev–Trinajstić information content (AvgIpc) is 3.43. The van der Waals surface area contributed by atoms with E-state index in [1.54, 1.807) is 49.6 Å². The van der Waals surface area contributed by atoms with Gasteiger partial charge in [-0.3, -0.25) is 14.5 Å². The predicted molar refractivity (Wildman–Crippen MR) is 129 cm³/mol. The van der Waals surface area contributed by atoms with Gasteiger partial charge in [0.15, 0.2) is 17.1 Å². The van der Waals surface area contributed by atoms with Crippen LogP contribution in [0.25, 0.3) is 11.1 Å². The lowest BCUT2D eigenvalue weighted by Crippen LogP contribution is -2.65. The molecule has 8 heteroatoms. The van der Waals surface area contributed by atoms with Crippen molar-refractivity contribution >= 4 is 28.6 Å². The summed E-state index contributed by atoms with van der Waals surface area (Å²) in [5.41, 5.74) is 1.33. The fraction of sp³-hybridized carbons (Fsp3) is 0.462. The van der Waals surface area contributed by atoms with E-state index in [4.69, 9.17) is 13.9 Å². The van der Waals surface area contributed by atoms with Gasteiger partial charge in [-0.25, -0.2) is 0 Å². The highest BCUT2D eigenvalue weighted by atomic mass is 16.5. The third kappa shape index (κ3) is 3.52. The molecule has 1 aromatic carbocycles. The van der Waals surface area contributed by atoms with Crippen LogP contribution in [-0.4, -0.2) is 42.2 Å². The molecular weight excluding hydrogens is 434 g/mol. The molecule has 0 spiro atoms. The van der Waals surface area contributed by atoms with Gasteiger partial charge in [0.2, 0.25) is 5.91 Å². The first-order chi connectivity index (χ1) is 16.4. The van der Waals surface area contributed by atoms with Crippen LogP contribution in [0.1, 0.15) is 50.0 Å². The average molecular weight is 466 g/mol. The van der Waals surface area contributed by atoms with Crippen LogP contribution in [0.15, 0.2) is 41.0 Å². The Morgan fingerprint density at radius 3 is 2.53 bits per heavy atom. The number of amides is 2. The van der Waals surface area contributed by atoms with Crippen molar-refractivity contribution in [3.8, 4) is 11.5 Å². The number of carbonyl (C=O) groups is 2. The number of carbonyl (C=O) groups excluding carboxylic acids is 2. The number of aromatic nitrogens is 1. The molecule has 1 atom stereocenters. The normalized spacial score (nSPS) is 24.7. The van der Waals surface area contributed by atoms with Crippen molar-refractivity contribution in [1.82, 2.24) is 9.88 Å². The molecule has 2 amide bonds. The summed E-state index contributed by atoms with van der Waals surface area (Å²) in [5, 5.41) is 3.26. The number of fused-ring (bicyclic) bond motifs is 3. The van der Waals surface area contributed by atoms with Gasteiger partial charge in [0.05, 0.1) is 32.5 Å². The van der Waals surface area contributed by atoms with E-state index in [0.717, 1.165) is 31.2 Å². The summed E-state index contributed by atoms with van der Waals surface area (Å²) in [7, 11) is 3.11. The Balaban J connectivity index is 1.58. The summed E-state index contributed by atoms with van der Waals surface area (Å²) >= 11 is 0. The molecule has 1 unspecified atom stereocenters. The zero-order chi connectivity index (χ0) is 24.0. The topological polar surface area (TPSA) is 85.9 Å². The maximum absolute atomic E-state index is 13.9. The first-order valence-corrected chi connectivity index (χ1v) is 11.8. The van der Waals surface area contributed by atoms with Gasteiger partial charge in [-0.15, -0.1) is 0 Å². The number of ether oxygens (including phenoxy) is 2. The van der Waals surface area contributed by atoms with Crippen molar-refractivity contribution in [3.05, 3.63) is 42.3 Å². The number of benzene rings is 1. The molecule has 0 bridgehead atoms. The summed E-state index contributed by atoms with van der Waals surface area (Å²) in [4.78, 5) is 29.4.